The van der Waals surface area contributed by atoms with Gasteiger partial charge in [0.2, 0.25) is 0 Å². The molecule has 0 spiro atoms. The van der Waals surface area contributed by atoms with Crippen LogP contribution in [0.15, 0.2) is 29.3 Å². The van der Waals surface area contributed by atoms with Crippen LogP contribution in [0.4, 0.5) is 0 Å². The van der Waals surface area contributed by atoms with Gasteiger partial charge in [0.15, 0.2) is 5.96 Å². The minimum Gasteiger partial charge on any atom is -0.382 e. The van der Waals surface area contributed by atoms with E-state index in [1.54, 1.807) is 0 Å². The lowest BCUT2D eigenvalue weighted by Crippen LogP contribution is -2.43. The van der Waals surface area contributed by atoms with Crippen molar-refractivity contribution in [1.82, 2.24) is 15.5 Å². The number of benzene rings is 1. The standard InChI is InChI=1S/C21H36N4O/c1-4-26-15-5-12-23-21(22-3)24-16-19-10-13-25(14-11-19)17-20-8-6-18(2)7-9-20/h6-9,19H,4-5,10-17H2,1-3H3,(H2,22,23,24). The molecule has 0 aliphatic carbocycles. The van der Waals surface area contributed by atoms with Gasteiger partial charge in [-0.15, -0.1) is 0 Å². The summed E-state index contributed by atoms with van der Waals surface area (Å²) in [6.45, 7) is 11.1. The Morgan fingerprint density at radius 1 is 1.19 bits per heavy atom. The van der Waals surface area contributed by atoms with Crippen molar-refractivity contribution in [2.75, 3.05) is 46.4 Å². The van der Waals surface area contributed by atoms with Gasteiger partial charge >= 0.3 is 0 Å². The third-order valence-corrected chi connectivity index (χ3v) is 4.98. The van der Waals surface area contributed by atoms with Crippen LogP contribution < -0.4 is 10.6 Å². The first-order chi connectivity index (χ1) is 12.7. The predicted molar refractivity (Wildman–Crippen MR) is 110 cm³/mol. The molecule has 0 radical (unpaired) electrons. The molecule has 1 aromatic carbocycles. The maximum absolute atomic E-state index is 5.36. The number of aliphatic imine (C=N–C) groups is 1. The molecule has 0 bridgehead atoms. The zero-order valence-corrected chi connectivity index (χ0v) is 16.8. The molecule has 0 atom stereocenters. The molecule has 0 amide bonds. The highest BCUT2D eigenvalue weighted by molar-refractivity contribution is 5.79. The summed E-state index contributed by atoms with van der Waals surface area (Å²) in [5, 5.41) is 6.84. The summed E-state index contributed by atoms with van der Waals surface area (Å²) >= 11 is 0. The molecule has 146 valence electrons. The third-order valence-electron chi connectivity index (χ3n) is 4.98. The van der Waals surface area contributed by atoms with Gasteiger partial charge in [-0.2, -0.15) is 0 Å². The summed E-state index contributed by atoms with van der Waals surface area (Å²) in [5.74, 6) is 1.63. The van der Waals surface area contributed by atoms with E-state index >= 15 is 0 Å². The number of hydrogen-bond acceptors (Lipinski definition) is 3. The van der Waals surface area contributed by atoms with Crippen molar-refractivity contribution in [2.45, 2.75) is 39.7 Å². The number of nitrogens with zero attached hydrogens (tertiary/aromatic N) is 2. The Morgan fingerprint density at radius 2 is 1.92 bits per heavy atom. The van der Waals surface area contributed by atoms with Gasteiger partial charge in [-0.3, -0.25) is 9.89 Å². The first kappa shape index (κ1) is 20.7. The summed E-state index contributed by atoms with van der Waals surface area (Å²) in [6.07, 6.45) is 3.51. The van der Waals surface area contributed by atoms with Crippen molar-refractivity contribution in [3.63, 3.8) is 0 Å². The molecular weight excluding hydrogens is 324 g/mol. The molecular formula is C21H36N4O. The van der Waals surface area contributed by atoms with Crippen LogP contribution in [-0.2, 0) is 11.3 Å². The molecule has 1 aliphatic heterocycles. The minimum atomic E-state index is 0.728. The average Bonchev–Trinajstić information content (AvgIpc) is 2.67. The van der Waals surface area contributed by atoms with E-state index in [0.717, 1.165) is 51.1 Å². The van der Waals surface area contributed by atoms with Crippen LogP contribution >= 0.6 is 0 Å². The highest BCUT2D eigenvalue weighted by atomic mass is 16.5. The summed E-state index contributed by atoms with van der Waals surface area (Å²) in [6, 6.07) is 8.92. The maximum Gasteiger partial charge on any atom is 0.190 e. The van der Waals surface area contributed by atoms with Gasteiger partial charge < -0.3 is 15.4 Å². The molecule has 1 aliphatic rings. The number of hydrogen-bond donors (Lipinski definition) is 2. The van der Waals surface area contributed by atoms with Gasteiger partial charge in [0.25, 0.3) is 0 Å². The van der Waals surface area contributed by atoms with E-state index < -0.39 is 0 Å². The molecule has 1 fully saturated rings. The quantitative estimate of drug-likeness (QED) is 0.404. The Bertz CT molecular complexity index is 521. The van der Waals surface area contributed by atoms with Crippen molar-refractivity contribution < 1.29 is 4.74 Å². The lowest BCUT2D eigenvalue weighted by Gasteiger charge is -2.32. The fourth-order valence-corrected chi connectivity index (χ4v) is 3.29. The first-order valence-corrected chi connectivity index (χ1v) is 10.0. The highest BCUT2D eigenvalue weighted by Gasteiger charge is 2.19. The monoisotopic (exact) mass is 360 g/mol. The molecule has 0 saturated carbocycles. The Labute approximate surface area is 159 Å². The zero-order chi connectivity index (χ0) is 18.6. The van der Waals surface area contributed by atoms with Crippen molar-refractivity contribution in [3.8, 4) is 0 Å². The smallest absolute Gasteiger partial charge is 0.190 e. The van der Waals surface area contributed by atoms with E-state index in [1.165, 1.54) is 37.1 Å². The SMILES string of the molecule is CCOCCCNC(=NC)NCC1CCN(Cc2ccc(C)cc2)CC1. The van der Waals surface area contributed by atoms with Crippen LogP contribution in [0.1, 0.15) is 37.3 Å². The van der Waals surface area contributed by atoms with Crippen LogP contribution in [0, 0.1) is 12.8 Å². The van der Waals surface area contributed by atoms with E-state index in [0.29, 0.717) is 0 Å². The number of likely N-dealkylation sites (tertiary alicyclic amines) is 1. The third kappa shape index (κ3) is 7.75. The van der Waals surface area contributed by atoms with Crippen molar-refractivity contribution >= 4 is 5.96 Å². The van der Waals surface area contributed by atoms with Gasteiger partial charge in [-0.25, -0.2) is 0 Å². The topological polar surface area (TPSA) is 48.9 Å². The molecule has 26 heavy (non-hydrogen) atoms. The van der Waals surface area contributed by atoms with Crippen LogP contribution in [0.3, 0.4) is 0 Å². The maximum atomic E-state index is 5.36. The number of guanidine groups is 1. The summed E-state index contributed by atoms with van der Waals surface area (Å²) in [7, 11) is 1.84. The fraction of sp³-hybridized carbons (Fsp3) is 0.667. The summed E-state index contributed by atoms with van der Waals surface area (Å²) < 4.78 is 5.36. The van der Waals surface area contributed by atoms with E-state index in [1.807, 2.05) is 14.0 Å². The summed E-state index contributed by atoms with van der Waals surface area (Å²) in [4.78, 5) is 6.88. The van der Waals surface area contributed by atoms with Gasteiger partial charge in [0.1, 0.15) is 0 Å². The Morgan fingerprint density at radius 3 is 2.58 bits per heavy atom. The number of piperidine rings is 1. The molecule has 0 aromatic heterocycles. The molecule has 2 rings (SSSR count). The minimum absolute atomic E-state index is 0.728. The molecule has 1 heterocycles. The highest BCUT2D eigenvalue weighted by Crippen LogP contribution is 2.18. The number of ether oxygens (including phenoxy) is 1. The molecule has 5 heteroatoms. The second-order valence-corrected chi connectivity index (χ2v) is 7.14. The average molecular weight is 361 g/mol. The van der Waals surface area contributed by atoms with E-state index in [-0.39, 0.29) is 0 Å². The summed E-state index contributed by atoms with van der Waals surface area (Å²) in [5.41, 5.74) is 2.75. The van der Waals surface area contributed by atoms with E-state index in [9.17, 15) is 0 Å². The van der Waals surface area contributed by atoms with Crippen LogP contribution in [0.5, 0.6) is 0 Å². The van der Waals surface area contributed by atoms with Gasteiger partial charge in [-0.05, 0) is 57.7 Å². The van der Waals surface area contributed by atoms with Gasteiger partial charge in [-0.1, -0.05) is 29.8 Å². The fourth-order valence-electron chi connectivity index (χ4n) is 3.29. The van der Waals surface area contributed by atoms with E-state index in [2.05, 4.69) is 51.7 Å². The Hall–Kier alpha value is -1.59. The molecule has 2 N–H and O–H groups in total. The van der Waals surface area contributed by atoms with Crippen molar-refractivity contribution in [1.29, 1.82) is 0 Å². The molecule has 1 aromatic rings. The second-order valence-electron chi connectivity index (χ2n) is 7.14. The molecule has 1 saturated heterocycles. The predicted octanol–water partition coefficient (Wildman–Crippen LogP) is 2.80. The number of aryl methyl sites for hydroxylation is 1. The zero-order valence-electron chi connectivity index (χ0n) is 16.8. The second kappa shape index (κ2) is 11.9. The first-order valence-electron chi connectivity index (χ1n) is 10.0. The normalized spacial score (nSPS) is 16.7. The van der Waals surface area contributed by atoms with Crippen molar-refractivity contribution in [3.05, 3.63) is 35.4 Å². The van der Waals surface area contributed by atoms with E-state index in [4.69, 9.17) is 4.74 Å². The Kier molecular flexibility index (Phi) is 9.50. The molecule has 5 nitrogen and oxygen atoms in total. The molecule has 0 unspecified atom stereocenters. The lowest BCUT2D eigenvalue weighted by atomic mass is 9.96. The number of rotatable bonds is 9. The number of nitrogens with one attached hydrogen (secondary N) is 2. The largest absolute Gasteiger partial charge is 0.382 e. The van der Waals surface area contributed by atoms with Crippen LogP contribution in [-0.4, -0.2) is 57.3 Å². The van der Waals surface area contributed by atoms with Crippen LogP contribution in [0.25, 0.3) is 0 Å². The van der Waals surface area contributed by atoms with Crippen molar-refractivity contribution in [2.24, 2.45) is 10.9 Å². The van der Waals surface area contributed by atoms with Gasteiger partial charge in [0.05, 0.1) is 0 Å². The lowest BCUT2D eigenvalue weighted by molar-refractivity contribution is 0.145. The van der Waals surface area contributed by atoms with Crippen LogP contribution in [0.2, 0.25) is 0 Å². The van der Waals surface area contributed by atoms with Gasteiger partial charge in [0, 0.05) is 39.9 Å². The Balaban J connectivity index is 1.61.